The first kappa shape index (κ1) is 18.5. The number of ether oxygens (including phenoxy) is 2. The maximum atomic E-state index is 12.2. The molecule has 1 aliphatic heterocycles. The number of benzene rings is 1. The largest absolute Gasteiger partial charge is 0.494 e. The molecule has 2 aromatic rings. The molecule has 0 saturated carbocycles. The Hall–Kier alpha value is -3.33. The molecule has 0 unspecified atom stereocenters. The highest BCUT2D eigenvalue weighted by molar-refractivity contribution is 6.12. The molecule has 0 bridgehead atoms. The average Bonchev–Trinajstić information content (AvgIpc) is 3.17. The van der Waals surface area contributed by atoms with Gasteiger partial charge in [-0.3, -0.25) is 0 Å². The number of hydrogen-bond acceptors (Lipinski definition) is 5. The van der Waals surface area contributed by atoms with E-state index in [4.69, 9.17) is 14.7 Å². The summed E-state index contributed by atoms with van der Waals surface area (Å²) in [4.78, 5) is 16.5. The summed E-state index contributed by atoms with van der Waals surface area (Å²) in [6.07, 6.45) is 3.73. The lowest BCUT2D eigenvalue weighted by molar-refractivity contribution is -0.129. The van der Waals surface area contributed by atoms with Gasteiger partial charge in [0.2, 0.25) is 5.90 Å². The molecule has 0 N–H and O–H groups in total. The maximum Gasteiger partial charge on any atom is 0.363 e. The van der Waals surface area contributed by atoms with Crippen LogP contribution in [0.2, 0.25) is 0 Å². The van der Waals surface area contributed by atoms with E-state index in [9.17, 15) is 4.79 Å². The van der Waals surface area contributed by atoms with Crippen LogP contribution in [0.15, 0.2) is 41.0 Å². The molecule has 0 radical (unpaired) electrons. The van der Waals surface area contributed by atoms with Gasteiger partial charge in [0.15, 0.2) is 5.70 Å². The van der Waals surface area contributed by atoms with Crippen molar-refractivity contribution in [3.8, 4) is 11.8 Å². The quantitative estimate of drug-likeness (QED) is 0.445. The Morgan fingerprint density at radius 2 is 2.07 bits per heavy atom. The number of rotatable bonds is 6. The zero-order valence-corrected chi connectivity index (χ0v) is 15.7. The van der Waals surface area contributed by atoms with Crippen molar-refractivity contribution < 1.29 is 14.3 Å². The topological polar surface area (TPSA) is 76.6 Å². The Morgan fingerprint density at radius 1 is 1.33 bits per heavy atom. The second kappa shape index (κ2) is 7.92. The fraction of sp³-hybridized carbons (Fsp3) is 0.286. The molecule has 0 saturated heterocycles. The second-order valence-electron chi connectivity index (χ2n) is 6.30. The lowest BCUT2D eigenvalue weighted by Crippen LogP contribution is -2.05. The molecule has 3 rings (SSSR count). The van der Waals surface area contributed by atoms with Crippen LogP contribution in [-0.4, -0.2) is 23.0 Å². The lowest BCUT2D eigenvalue weighted by atomic mass is 10.2. The summed E-state index contributed by atoms with van der Waals surface area (Å²) >= 11 is 0. The number of hydrogen-bond donors (Lipinski definition) is 0. The molecule has 138 valence electrons. The van der Waals surface area contributed by atoms with E-state index in [1.54, 1.807) is 16.7 Å². The van der Waals surface area contributed by atoms with E-state index >= 15 is 0 Å². The zero-order chi connectivity index (χ0) is 19.4. The van der Waals surface area contributed by atoms with Gasteiger partial charge in [-0.05, 0) is 55.3 Å². The number of nitriles is 1. The van der Waals surface area contributed by atoms with Gasteiger partial charge in [-0.15, -0.1) is 0 Å². The minimum Gasteiger partial charge on any atom is -0.494 e. The van der Waals surface area contributed by atoms with Gasteiger partial charge < -0.3 is 14.0 Å². The van der Waals surface area contributed by atoms with Crippen LogP contribution in [0.5, 0.6) is 5.75 Å². The number of cyclic esters (lactones) is 1. The first-order valence-corrected chi connectivity index (χ1v) is 8.85. The minimum atomic E-state index is -0.505. The van der Waals surface area contributed by atoms with Crippen LogP contribution in [0.1, 0.15) is 42.3 Å². The molecule has 0 amide bonds. The molecule has 6 heteroatoms. The zero-order valence-electron chi connectivity index (χ0n) is 15.7. The molecule has 6 nitrogen and oxygen atoms in total. The highest BCUT2D eigenvalue weighted by atomic mass is 16.6. The first-order chi connectivity index (χ1) is 13.0. The minimum absolute atomic E-state index is 0.214. The van der Waals surface area contributed by atoms with Gasteiger partial charge >= 0.3 is 5.97 Å². The number of unbranched alkanes of at least 4 members (excludes halogenated alkanes) is 1. The average molecular weight is 363 g/mol. The monoisotopic (exact) mass is 363 g/mol. The highest BCUT2D eigenvalue weighted by Gasteiger charge is 2.24. The summed E-state index contributed by atoms with van der Waals surface area (Å²) in [6.45, 7) is 4.68. The number of carbonyl (C=O) groups excluding carboxylic acids is 1. The second-order valence-corrected chi connectivity index (χ2v) is 6.30. The van der Waals surface area contributed by atoms with Gasteiger partial charge in [0, 0.05) is 18.3 Å². The van der Waals surface area contributed by atoms with Crippen molar-refractivity contribution in [3.63, 3.8) is 0 Å². The standard InChI is InChI=1S/C21H21N3O3/c1-4-5-10-26-18-8-6-15(7-9-18)20-23-19(21(25)27-20)12-16-11-17(13-22)24(3)14(16)2/h6-9,11-12H,4-5,10H2,1-3H3/b19-12-. The predicted molar refractivity (Wildman–Crippen MR) is 102 cm³/mol. The van der Waals surface area contributed by atoms with Crippen LogP contribution >= 0.6 is 0 Å². The Labute approximate surface area is 158 Å². The third kappa shape index (κ3) is 3.93. The number of carbonyl (C=O) groups is 1. The van der Waals surface area contributed by atoms with Crippen molar-refractivity contribution in [2.75, 3.05) is 6.61 Å². The molecule has 1 aromatic carbocycles. The van der Waals surface area contributed by atoms with E-state index in [2.05, 4.69) is 18.0 Å². The first-order valence-electron chi connectivity index (χ1n) is 8.85. The molecule has 0 fully saturated rings. The molecule has 2 heterocycles. The lowest BCUT2D eigenvalue weighted by Gasteiger charge is -2.05. The van der Waals surface area contributed by atoms with Gasteiger partial charge in [-0.25, -0.2) is 9.79 Å². The summed E-state index contributed by atoms with van der Waals surface area (Å²) in [5, 5.41) is 9.13. The fourth-order valence-electron chi connectivity index (χ4n) is 2.68. The molecule has 27 heavy (non-hydrogen) atoms. The van der Waals surface area contributed by atoms with E-state index in [1.165, 1.54) is 0 Å². The van der Waals surface area contributed by atoms with Crippen molar-refractivity contribution >= 4 is 17.9 Å². The summed E-state index contributed by atoms with van der Waals surface area (Å²) in [5.74, 6) is 0.535. The SMILES string of the molecule is CCCCOc1ccc(C2=N/C(=C\c3cc(C#N)n(C)c3C)C(=O)O2)cc1. The van der Waals surface area contributed by atoms with Crippen molar-refractivity contribution in [3.05, 3.63) is 58.5 Å². The van der Waals surface area contributed by atoms with Gasteiger partial charge in [0.05, 0.1) is 6.61 Å². The number of aliphatic imine (C=N–C) groups is 1. The number of esters is 1. The van der Waals surface area contributed by atoms with Crippen molar-refractivity contribution in [2.24, 2.45) is 12.0 Å². The van der Waals surface area contributed by atoms with Crippen LogP contribution in [-0.2, 0) is 16.6 Å². The highest BCUT2D eigenvalue weighted by Crippen LogP contribution is 2.23. The smallest absolute Gasteiger partial charge is 0.363 e. The van der Waals surface area contributed by atoms with E-state index in [-0.39, 0.29) is 11.6 Å². The number of nitrogens with zero attached hydrogens (tertiary/aromatic N) is 3. The van der Waals surface area contributed by atoms with Gasteiger partial charge in [-0.1, -0.05) is 13.3 Å². The summed E-state index contributed by atoms with van der Waals surface area (Å²) in [6, 6.07) is 11.2. The van der Waals surface area contributed by atoms with Crippen LogP contribution < -0.4 is 4.74 Å². The van der Waals surface area contributed by atoms with Gasteiger partial charge in [0.25, 0.3) is 0 Å². The number of aromatic nitrogens is 1. The molecule has 1 aliphatic rings. The van der Waals surface area contributed by atoms with Crippen molar-refractivity contribution in [1.29, 1.82) is 5.26 Å². The van der Waals surface area contributed by atoms with Gasteiger partial charge in [0.1, 0.15) is 17.5 Å². The van der Waals surface area contributed by atoms with Crippen LogP contribution in [0, 0.1) is 18.3 Å². The summed E-state index contributed by atoms with van der Waals surface area (Å²) in [5.41, 5.74) is 3.09. The Balaban J connectivity index is 1.81. The molecular formula is C21H21N3O3. The van der Waals surface area contributed by atoms with Crippen LogP contribution in [0.3, 0.4) is 0 Å². The third-order valence-electron chi connectivity index (χ3n) is 4.47. The van der Waals surface area contributed by atoms with Crippen molar-refractivity contribution in [1.82, 2.24) is 4.57 Å². The molecule has 1 aromatic heterocycles. The van der Waals surface area contributed by atoms with E-state index < -0.39 is 5.97 Å². The van der Waals surface area contributed by atoms with Crippen LogP contribution in [0.4, 0.5) is 0 Å². The van der Waals surface area contributed by atoms with Crippen molar-refractivity contribution in [2.45, 2.75) is 26.7 Å². The van der Waals surface area contributed by atoms with E-state index in [1.807, 2.05) is 38.2 Å². The third-order valence-corrected chi connectivity index (χ3v) is 4.47. The molecule has 0 aliphatic carbocycles. The Morgan fingerprint density at radius 3 is 2.70 bits per heavy atom. The maximum absolute atomic E-state index is 12.2. The molecular weight excluding hydrogens is 342 g/mol. The summed E-state index contributed by atoms with van der Waals surface area (Å²) < 4.78 is 12.7. The van der Waals surface area contributed by atoms with E-state index in [0.29, 0.717) is 17.9 Å². The fourth-order valence-corrected chi connectivity index (χ4v) is 2.68. The molecule has 0 atom stereocenters. The Kier molecular flexibility index (Phi) is 5.41. The predicted octanol–water partition coefficient (Wildman–Crippen LogP) is 3.73. The van der Waals surface area contributed by atoms with Gasteiger partial charge in [-0.2, -0.15) is 5.26 Å². The Bertz CT molecular complexity index is 960. The molecule has 0 spiro atoms. The van der Waals surface area contributed by atoms with Crippen LogP contribution in [0.25, 0.3) is 6.08 Å². The summed E-state index contributed by atoms with van der Waals surface area (Å²) in [7, 11) is 1.81. The normalized spacial score (nSPS) is 14.8. The van der Waals surface area contributed by atoms with E-state index in [0.717, 1.165) is 29.8 Å².